The Labute approximate surface area is 95.7 Å². The summed E-state index contributed by atoms with van der Waals surface area (Å²) in [4.78, 5) is 8.68. The second-order valence-electron chi connectivity index (χ2n) is 4.48. The predicted molar refractivity (Wildman–Crippen MR) is 65.1 cm³/mol. The second-order valence-corrected chi connectivity index (χ2v) is 4.48. The summed E-state index contributed by atoms with van der Waals surface area (Å²) >= 11 is 0. The van der Waals surface area contributed by atoms with Crippen molar-refractivity contribution in [2.24, 2.45) is 13.0 Å². The zero-order valence-corrected chi connectivity index (χ0v) is 10.1. The van der Waals surface area contributed by atoms with E-state index in [4.69, 9.17) is 0 Å². The molecule has 0 aliphatic carbocycles. The van der Waals surface area contributed by atoms with E-state index in [1.807, 2.05) is 19.3 Å². The molecule has 0 aliphatic heterocycles. The molecule has 4 heteroatoms. The largest absolute Gasteiger partial charge is 0.329 e. The van der Waals surface area contributed by atoms with Crippen molar-refractivity contribution in [3.8, 4) is 0 Å². The Hall–Kier alpha value is -1.42. The number of aryl methyl sites for hydroxylation is 1. The number of pyridine rings is 1. The van der Waals surface area contributed by atoms with E-state index >= 15 is 0 Å². The van der Waals surface area contributed by atoms with Crippen LogP contribution in [0.5, 0.6) is 0 Å². The normalized spacial score (nSPS) is 11.5. The summed E-state index contributed by atoms with van der Waals surface area (Å²) in [6.45, 7) is 6.22. The van der Waals surface area contributed by atoms with Gasteiger partial charge in [-0.3, -0.25) is 4.98 Å². The fourth-order valence-electron chi connectivity index (χ4n) is 1.72. The van der Waals surface area contributed by atoms with E-state index in [0.717, 1.165) is 29.9 Å². The van der Waals surface area contributed by atoms with Crippen LogP contribution in [0.1, 0.15) is 19.7 Å². The number of nitrogens with one attached hydrogen (secondary N) is 1. The number of fused-ring (bicyclic) bond motifs is 1. The van der Waals surface area contributed by atoms with Crippen LogP contribution in [0, 0.1) is 5.92 Å². The molecule has 0 bridgehead atoms. The number of hydrogen-bond acceptors (Lipinski definition) is 3. The van der Waals surface area contributed by atoms with Gasteiger partial charge in [0.2, 0.25) is 0 Å². The molecule has 2 heterocycles. The van der Waals surface area contributed by atoms with E-state index in [1.54, 1.807) is 6.20 Å². The molecule has 0 aromatic carbocycles. The zero-order chi connectivity index (χ0) is 11.5. The van der Waals surface area contributed by atoms with Crippen molar-refractivity contribution in [2.45, 2.75) is 20.4 Å². The van der Waals surface area contributed by atoms with Crippen LogP contribution >= 0.6 is 0 Å². The average Bonchev–Trinajstić information content (AvgIpc) is 2.56. The lowest BCUT2D eigenvalue weighted by Crippen LogP contribution is -2.20. The molecule has 1 N–H and O–H groups in total. The quantitative estimate of drug-likeness (QED) is 0.849. The van der Waals surface area contributed by atoms with E-state index in [1.165, 1.54) is 0 Å². The van der Waals surface area contributed by atoms with Crippen molar-refractivity contribution in [3.63, 3.8) is 0 Å². The van der Waals surface area contributed by atoms with Gasteiger partial charge in [0.1, 0.15) is 5.82 Å². The maximum Gasteiger partial charge on any atom is 0.123 e. The summed E-state index contributed by atoms with van der Waals surface area (Å²) in [5.74, 6) is 1.72. The number of nitrogens with zero attached hydrogens (tertiary/aromatic N) is 3. The molecule has 16 heavy (non-hydrogen) atoms. The van der Waals surface area contributed by atoms with E-state index in [-0.39, 0.29) is 0 Å². The van der Waals surface area contributed by atoms with Crippen LogP contribution in [-0.2, 0) is 13.6 Å². The van der Waals surface area contributed by atoms with Crippen molar-refractivity contribution in [1.82, 2.24) is 19.9 Å². The maximum atomic E-state index is 4.57. The van der Waals surface area contributed by atoms with Gasteiger partial charge in [-0.25, -0.2) is 4.98 Å². The molecular formula is C12H18N4. The van der Waals surface area contributed by atoms with Gasteiger partial charge >= 0.3 is 0 Å². The highest BCUT2D eigenvalue weighted by Crippen LogP contribution is 2.12. The van der Waals surface area contributed by atoms with Gasteiger partial charge < -0.3 is 9.88 Å². The van der Waals surface area contributed by atoms with Gasteiger partial charge in [0.05, 0.1) is 23.8 Å². The average molecular weight is 218 g/mol. The summed E-state index contributed by atoms with van der Waals surface area (Å²) in [6, 6.07) is 1.95. The van der Waals surface area contributed by atoms with Crippen LogP contribution in [0.2, 0.25) is 0 Å². The third-order valence-corrected chi connectivity index (χ3v) is 2.61. The standard InChI is InChI=1S/C12H18N4/c1-9(2)6-14-8-12-15-10-4-5-13-7-11(10)16(12)3/h4-5,7,9,14H,6,8H2,1-3H3. The van der Waals surface area contributed by atoms with Gasteiger partial charge in [-0.15, -0.1) is 0 Å². The molecule has 0 radical (unpaired) electrons. The Balaban J connectivity index is 2.15. The summed E-state index contributed by atoms with van der Waals surface area (Å²) in [7, 11) is 2.03. The summed E-state index contributed by atoms with van der Waals surface area (Å²) in [6.07, 6.45) is 3.63. The maximum absolute atomic E-state index is 4.57. The first-order valence-electron chi connectivity index (χ1n) is 5.64. The summed E-state index contributed by atoms with van der Waals surface area (Å²) in [5, 5.41) is 3.40. The van der Waals surface area contributed by atoms with Crippen LogP contribution < -0.4 is 5.32 Å². The Morgan fingerprint density at radius 2 is 2.25 bits per heavy atom. The van der Waals surface area contributed by atoms with Crippen molar-refractivity contribution >= 4 is 11.0 Å². The minimum absolute atomic E-state index is 0.663. The molecule has 0 saturated carbocycles. The van der Waals surface area contributed by atoms with E-state index in [0.29, 0.717) is 5.92 Å². The van der Waals surface area contributed by atoms with Crippen molar-refractivity contribution in [1.29, 1.82) is 0 Å². The fourth-order valence-corrected chi connectivity index (χ4v) is 1.72. The highest BCUT2D eigenvalue weighted by Gasteiger charge is 2.06. The van der Waals surface area contributed by atoms with E-state index < -0.39 is 0 Å². The molecule has 0 amide bonds. The predicted octanol–water partition coefficient (Wildman–Crippen LogP) is 1.71. The van der Waals surface area contributed by atoms with Crippen LogP contribution in [0.4, 0.5) is 0 Å². The SMILES string of the molecule is CC(C)CNCc1nc2ccncc2n1C. The molecule has 0 atom stereocenters. The molecule has 2 aromatic heterocycles. The van der Waals surface area contributed by atoms with Gasteiger partial charge in [-0.2, -0.15) is 0 Å². The number of hydrogen-bond donors (Lipinski definition) is 1. The van der Waals surface area contributed by atoms with Crippen LogP contribution in [0.3, 0.4) is 0 Å². The molecular weight excluding hydrogens is 200 g/mol. The fraction of sp³-hybridized carbons (Fsp3) is 0.500. The molecule has 2 rings (SSSR count). The molecule has 0 aliphatic rings. The van der Waals surface area contributed by atoms with Crippen molar-refractivity contribution < 1.29 is 0 Å². The first-order chi connectivity index (χ1) is 7.68. The van der Waals surface area contributed by atoms with Gasteiger partial charge in [-0.05, 0) is 18.5 Å². The smallest absolute Gasteiger partial charge is 0.123 e. The Kier molecular flexibility index (Phi) is 3.19. The number of imidazole rings is 1. The van der Waals surface area contributed by atoms with Crippen LogP contribution in [-0.4, -0.2) is 21.1 Å². The van der Waals surface area contributed by atoms with E-state index in [9.17, 15) is 0 Å². The molecule has 86 valence electrons. The summed E-state index contributed by atoms with van der Waals surface area (Å²) in [5.41, 5.74) is 2.10. The first kappa shape index (κ1) is 11.1. The van der Waals surface area contributed by atoms with E-state index in [2.05, 4.69) is 33.7 Å². The van der Waals surface area contributed by atoms with Gasteiger partial charge in [0, 0.05) is 13.2 Å². The lowest BCUT2D eigenvalue weighted by atomic mass is 10.2. The van der Waals surface area contributed by atoms with Gasteiger partial charge in [0.25, 0.3) is 0 Å². The molecule has 2 aromatic rings. The van der Waals surface area contributed by atoms with Crippen molar-refractivity contribution in [2.75, 3.05) is 6.54 Å². The molecule has 4 nitrogen and oxygen atoms in total. The number of rotatable bonds is 4. The minimum atomic E-state index is 0.663. The highest BCUT2D eigenvalue weighted by molar-refractivity contribution is 5.74. The molecule has 0 unspecified atom stereocenters. The van der Waals surface area contributed by atoms with Gasteiger partial charge in [0.15, 0.2) is 0 Å². The topological polar surface area (TPSA) is 42.7 Å². The first-order valence-corrected chi connectivity index (χ1v) is 5.64. The zero-order valence-electron chi connectivity index (χ0n) is 10.1. The van der Waals surface area contributed by atoms with Gasteiger partial charge in [-0.1, -0.05) is 13.8 Å². The molecule has 0 spiro atoms. The second kappa shape index (κ2) is 4.61. The summed E-state index contributed by atoms with van der Waals surface area (Å²) < 4.78 is 2.09. The number of aromatic nitrogens is 3. The Morgan fingerprint density at radius 1 is 1.44 bits per heavy atom. The van der Waals surface area contributed by atoms with Crippen LogP contribution in [0.25, 0.3) is 11.0 Å². The van der Waals surface area contributed by atoms with Crippen molar-refractivity contribution in [3.05, 3.63) is 24.3 Å². The third kappa shape index (κ3) is 2.22. The lowest BCUT2D eigenvalue weighted by molar-refractivity contribution is 0.538. The monoisotopic (exact) mass is 218 g/mol. The molecule has 0 saturated heterocycles. The third-order valence-electron chi connectivity index (χ3n) is 2.61. The minimum Gasteiger partial charge on any atom is -0.329 e. The van der Waals surface area contributed by atoms with Crippen LogP contribution in [0.15, 0.2) is 18.5 Å². The Bertz CT molecular complexity index is 473. The lowest BCUT2D eigenvalue weighted by Gasteiger charge is -2.07. The Morgan fingerprint density at radius 3 is 2.94 bits per heavy atom. The highest BCUT2D eigenvalue weighted by atomic mass is 15.1. The molecule has 0 fully saturated rings.